The van der Waals surface area contributed by atoms with Crippen LogP contribution in [0.1, 0.15) is 42.4 Å². The molecule has 2 saturated heterocycles. The molecule has 3 radical (unpaired) electrons. The summed E-state index contributed by atoms with van der Waals surface area (Å²) < 4.78 is 27.7. The summed E-state index contributed by atoms with van der Waals surface area (Å²) in [6.45, 7) is 3.54. The Balaban J connectivity index is 1.21. The van der Waals surface area contributed by atoms with Crippen LogP contribution in [-0.4, -0.2) is 85.4 Å². The van der Waals surface area contributed by atoms with E-state index in [9.17, 15) is 10.1 Å². The Morgan fingerprint density at radius 1 is 1.30 bits per heavy atom. The third kappa shape index (κ3) is 6.17. The molecule has 1 spiro atoms. The van der Waals surface area contributed by atoms with Crippen molar-refractivity contribution in [1.82, 2.24) is 15.5 Å². The lowest BCUT2D eigenvalue weighted by molar-refractivity contribution is -0.136. The van der Waals surface area contributed by atoms with E-state index in [0.29, 0.717) is 23.4 Å². The number of nitriles is 1. The summed E-state index contributed by atoms with van der Waals surface area (Å²) in [4.78, 5) is 16.5. The molecule has 1 aliphatic carbocycles. The normalized spacial score (nSPS) is 23.7. The second kappa shape index (κ2) is 12.4. The minimum absolute atomic E-state index is 0.0439. The first-order valence-corrected chi connectivity index (χ1v) is 16.4. The van der Waals surface area contributed by atoms with Gasteiger partial charge in [0.1, 0.15) is 17.1 Å². The van der Waals surface area contributed by atoms with Crippen LogP contribution in [0, 0.1) is 17.1 Å². The second-order valence-corrected chi connectivity index (χ2v) is 14.3. The van der Waals surface area contributed by atoms with Crippen molar-refractivity contribution in [3.05, 3.63) is 58.9 Å². The molecule has 2 aromatic carbocycles. The number of amides is 1. The van der Waals surface area contributed by atoms with Gasteiger partial charge >= 0.3 is 0 Å². The minimum Gasteiger partial charge on any atom is -0.379 e. The number of aryl methyl sites for hydroxylation is 1. The van der Waals surface area contributed by atoms with Crippen molar-refractivity contribution in [2.45, 2.75) is 61.3 Å². The first-order chi connectivity index (χ1) is 20.7. The van der Waals surface area contributed by atoms with Gasteiger partial charge < -0.3 is 25.0 Å². The maximum absolute atomic E-state index is 16.0. The molecule has 1 amide bonds. The quantitative estimate of drug-likeness (QED) is 0.406. The van der Waals surface area contributed by atoms with Gasteiger partial charge in [-0.1, -0.05) is 24.3 Å². The average molecular weight is 618 g/mol. The number of hydrogen-bond donors (Lipinski definition) is 2. The number of ether oxygens (including phenoxy) is 2. The summed E-state index contributed by atoms with van der Waals surface area (Å²) >= 11 is 1.44. The van der Waals surface area contributed by atoms with E-state index in [-0.39, 0.29) is 30.4 Å². The van der Waals surface area contributed by atoms with Gasteiger partial charge in [-0.05, 0) is 104 Å². The van der Waals surface area contributed by atoms with Gasteiger partial charge in [0.15, 0.2) is 0 Å². The molecule has 225 valence electrons. The highest BCUT2D eigenvalue weighted by molar-refractivity contribution is 7.22. The Bertz CT molecular complexity index is 1550. The minimum atomic E-state index is -1.50. The lowest BCUT2D eigenvalue weighted by atomic mass is 9.73. The lowest BCUT2D eigenvalue weighted by Gasteiger charge is -2.38. The van der Waals surface area contributed by atoms with Crippen molar-refractivity contribution in [3.8, 4) is 16.5 Å². The molecule has 7 nitrogen and oxygen atoms in total. The van der Waals surface area contributed by atoms with Crippen molar-refractivity contribution in [2.24, 2.45) is 0 Å². The topological polar surface area (TPSA) is 86.6 Å². The Kier molecular flexibility index (Phi) is 8.75. The molecule has 3 aliphatic rings. The van der Waals surface area contributed by atoms with Crippen molar-refractivity contribution in [2.75, 3.05) is 46.9 Å². The highest BCUT2D eigenvalue weighted by atomic mass is 32.1. The fourth-order valence-corrected chi connectivity index (χ4v) is 8.24. The molecule has 0 bridgehead atoms. The average Bonchev–Trinajstić information content (AvgIpc) is 3.59. The number of carbonyl (C=O) groups is 1. The number of rotatable bonds is 6. The van der Waals surface area contributed by atoms with Crippen molar-refractivity contribution < 1.29 is 18.7 Å². The number of thiophene rings is 1. The summed E-state index contributed by atoms with van der Waals surface area (Å²) in [5, 5.41) is 15.3. The molecule has 3 atom stereocenters. The van der Waals surface area contributed by atoms with Crippen molar-refractivity contribution in [1.29, 1.82) is 5.26 Å². The largest absolute Gasteiger partial charge is 0.379 e. The molecule has 0 unspecified atom stereocenters. The maximum Gasteiger partial charge on any atom is 0.251 e. The van der Waals surface area contributed by atoms with Gasteiger partial charge in [-0.15, -0.1) is 11.3 Å². The third-order valence-electron chi connectivity index (χ3n) is 9.55. The number of nitrogens with one attached hydrogen (secondary N) is 2. The van der Waals surface area contributed by atoms with Gasteiger partial charge in [0.05, 0.1) is 33.7 Å². The van der Waals surface area contributed by atoms with Crippen molar-refractivity contribution in [3.63, 3.8) is 0 Å². The Morgan fingerprint density at radius 2 is 2.12 bits per heavy atom. The molecule has 1 aromatic heterocycles. The van der Waals surface area contributed by atoms with Gasteiger partial charge in [-0.2, -0.15) is 5.26 Å². The number of nitrogens with zero attached hydrogens (tertiary/aromatic N) is 2. The lowest BCUT2D eigenvalue weighted by Crippen LogP contribution is -2.56. The summed E-state index contributed by atoms with van der Waals surface area (Å²) in [6.07, 6.45) is 4.54. The first-order valence-electron chi connectivity index (χ1n) is 15.1. The van der Waals surface area contributed by atoms with Gasteiger partial charge in [0.2, 0.25) is 0 Å². The highest BCUT2D eigenvalue weighted by Crippen LogP contribution is 2.48. The summed E-state index contributed by atoms with van der Waals surface area (Å²) in [5.41, 5.74) is 4.67. The predicted octanol–water partition coefficient (Wildman–Crippen LogP) is 4.06. The van der Waals surface area contributed by atoms with Crippen LogP contribution in [0.15, 0.2) is 36.4 Å². The molecule has 6 rings (SSSR count). The molecule has 3 aromatic rings. The Hall–Kier alpha value is -2.65. The maximum atomic E-state index is 16.0. The van der Waals surface area contributed by atoms with E-state index >= 15 is 4.39 Å². The van der Waals surface area contributed by atoms with Gasteiger partial charge in [0, 0.05) is 25.0 Å². The molecule has 0 saturated carbocycles. The smallest absolute Gasteiger partial charge is 0.251 e. The van der Waals surface area contributed by atoms with E-state index in [1.165, 1.54) is 41.7 Å². The fourth-order valence-electron chi connectivity index (χ4n) is 6.81. The highest BCUT2D eigenvalue weighted by Gasteiger charge is 2.40. The molecule has 2 fully saturated rings. The van der Waals surface area contributed by atoms with Gasteiger partial charge in [-0.25, -0.2) is 4.39 Å². The van der Waals surface area contributed by atoms with E-state index in [1.807, 2.05) is 6.07 Å². The number of halogens is 1. The van der Waals surface area contributed by atoms with E-state index in [4.69, 9.17) is 9.47 Å². The SMILES string of the molecule is CO[C@@H]1CCNC[C@@H](C(=O)N[C@@]([Si])(C#N)Cc2ccc3cc(-c4ccc5c(c4)C4(CC5)CCN(C)CC4)sc3c2F)OC1. The van der Waals surface area contributed by atoms with Crippen LogP contribution in [0.4, 0.5) is 4.39 Å². The molecule has 43 heavy (non-hydrogen) atoms. The summed E-state index contributed by atoms with van der Waals surface area (Å²) in [6, 6.07) is 14.6. The van der Waals surface area contributed by atoms with E-state index in [0.717, 1.165) is 41.8 Å². The zero-order chi connectivity index (χ0) is 30.2. The summed E-state index contributed by atoms with van der Waals surface area (Å²) in [5.74, 6) is -0.805. The number of benzene rings is 2. The number of methoxy groups -OCH3 is 1. The van der Waals surface area contributed by atoms with Gasteiger partial charge in [0.25, 0.3) is 5.91 Å². The van der Waals surface area contributed by atoms with Crippen LogP contribution in [0.3, 0.4) is 0 Å². The second-order valence-electron chi connectivity index (χ2n) is 12.4. The standard InChI is InChI=1S/C33H38FN4O3SSi/c1-38-13-10-32(11-14-38)9-7-21-3-4-22(15-26(21)32)28-16-23-5-6-24(29(34)30(23)42-28)17-33(43,20-35)37-31(39)27-18-36-12-8-25(40-2)19-41-27/h3-6,15-16,25,27,36H,7-14,17-19H2,1-2H3,(H,37,39)/t25-,27+,33+/m1/s1. The molecular weight excluding hydrogens is 580 g/mol. The number of carbonyl (C=O) groups excluding carboxylic acids is 1. The molecular formula is C33H38FN4O3SSi. The van der Waals surface area contributed by atoms with Crippen molar-refractivity contribution >= 4 is 37.6 Å². The monoisotopic (exact) mass is 617 g/mol. The molecule has 2 N–H and O–H groups in total. The Morgan fingerprint density at radius 3 is 2.88 bits per heavy atom. The predicted molar refractivity (Wildman–Crippen MR) is 168 cm³/mol. The fraction of sp³-hybridized carbons (Fsp3) is 0.515. The number of hydrogen-bond acceptors (Lipinski definition) is 7. The van der Waals surface area contributed by atoms with Crippen LogP contribution >= 0.6 is 11.3 Å². The zero-order valence-electron chi connectivity index (χ0n) is 24.8. The van der Waals surface area contributed by atoms with E-state index in [2.05, 4.69) is 63.2 Å². The van der Waals surface area contributed by atoms with Gasteiger partial charge in [-0.3, -0.25) is 4.79 Å². The third-order valence-corrected chi connectivity index (χ3v) is 11.2. The zero-order valence-corrected chi connectivity index (χ0v) is 26.6. The first kappa shape index (κ1) is 30.4. The van der Waals surface area contributed by atoms with Crippen LogP contribution in [-0.2, 0) is 32.5 Å². The van der Waals surface area contributed by atoms with Crippen LogP contribution in [0.5, 0.6) is 0 Å². The van der Waals surface area contributed by atoms with Crippen LogP contribution in [0.2, 0.25) is 0 Å². The van der Waals surface area contributed by atoms with E-state index in [1.54, 1.807) is 13.2 Å². The number of piperidine rings is 1. The summed E-state index contributed by atoms with van der Waals surface area (Å²) in [7, 11) is 7.28. The molecule has 3 heterocycles. The Labute approximate surface area is 260 Å². The van der Waals surface area contributed by atoms with Crippen LogP contribution in [0.25, 0.3) is 20.5 Å². The molecule has 2 aliphatic heterocycles. The number of likely N-dealkylation sites (tertiary alicyclic amines) is 1. The van der Waals surface area contributed by atoms with E-state index < -0.39 is 17.2 Å². The van der Waals surface area contributed by atoms with Crippen LogP contribution < -0.4 is 10.6 Å². The molecule has 10 heteroatoms. The number of fused-ring (bicyclic) bond motifs is 3.